The molecule has 1 N–H and O–H groups in total. The van der Waals surface area contributed by atoms with E-state index in [4.69, 9.17) is 14.2 Å². The SMILES string of the molecule is CC1(C)Oc2cc(O)ccc2C2C1=CCC(C(=O)OCc1ccccc1)C2C(=O)OCc1ccccc1. The van der Waals surface area contributed by atoms with Crippen LogP contribution in [0.4, 0.5) is 0 Å². The van der Waals surface area contributed by atoms with Gasteiger partial charge in [-0.05, 0) is 43.0 Å². The molecule has 1 heterocycles. The summed E-state index contributed by atoms with van der Waals surface area (Å²) < 4.78 is 17.7. The van der Waals surface area contributed by atoms with E-state index in [9.17, 15) is 14.7 Å². The van der Waals surface area contributed by atoms with Gasteiger partial charge in [0.05, 0.1) is 11.8 Å². The second-order valence-corrected chi connectivity index (χ2v) is 10.0. The third-order valence-electron chi connectivity index (χ3n) is 7.13. The van der Waals surface area contributed by atoms with Crippen molar-refractivity contribution >= 4 is 11.9 Å². The van der Waals surface area contributed by atoms with Crippen LogP contribution in [0.15, 0.2) is 90.5 Å². The predicted molar refractivity (Wildman–Crippen MR) is 138 cm³/mol. The number of phenols is 1. The van der Waals surface area contributed by atoms with Gasteiger partial charge in [-0.3, -0.25) is 9.59 Å². The van der Waals surface area contributed by atoms with Crippen molar-refractivity contribution in [2.75, 3.05) is 0 Å². The number of carbonyl (C=O) groups is 2. The quantitative estimate of drug-likeness (QED) is 0.347. The van der Waals surface area contributed by atoms with Crippen molar-refractivity contribution in [2.24, 2.45) is 11.8 Å². The number of phenolic OH excluding ortho intramolecular Hbond substituents is 1. The monoisotopic (exact) mass is 498 g/mol. The highest BCUT2D eigenvalue weighted by Crippen LogP contribution is 2.54. The summed E-state index contributed by atoms with van der Waals surface area (Å²) in [6, 6.07) is 23.8. The average Bonchev–Trinajstić information content (AvgIpc) is 2.90. The summed E-state index contributed by atoms with van der Waals surface area (Å²) in [6.07, 6.45) is 2.33. The van der Waals surface area contributed by atoms with Crippen LogP contribution in [0.25, 0.3) is 0 Å². The van der Waals surface area contributed by atoms with Crippen molar-refractivity contribution in [2.45, 2.75) is 45.0 Å². The van der Waals surface area contributed by atoms with Crippen LogP contribution in [0.2, 0.25) is 0 Å². The highest BCUT2D eigenvalue weighted by atomic mass is 16.5. The zero-order chi connectivity index (χ0) is 26.0. The summed E-state index contributed by atoms with van der Waals surface area (Å²) in [4.78, 5) is 27.2. The highest BCUT2D eigenvalue weighted by molar-refractivity contribution is 5.85. The molecule has 0 saturated carbocycles. The van der Waals surface area contributed by atoms with Crippen LogP contribution in [-0.4, -0.2) is 22.6 Å². The van der Waals surface area contributed by atoms with Gasteiger partial charge < -0.3 is 19.3 Å². The molecule has 0 aromatic heterocycles. The minimum atomic E-state index is -0.807. The average molecular weight is 499 g/mol. The normalized spacial score (nSPS) is 21.5. The Morgan fingerprint density at radius 1 is 0.892 bits per heavy atom. The third kappa shape index (κ3) is 5.10. The first-order valence-corrected chi connectivity index (χ1v) is 12.5. The number of aromatic hydroxyl groups is 1. The molecule has 0 bridgehead atoms. The number of allylic oxidation sites excluding steroid dienone is 1. The van der Waals surface area contributed by atoms with Crippen molar-refractivity contribution in [3.05, 3.63) is 107 Å². The standard InChI is InChI=1S/C31H30O6/c1-31(2)25-16-15-24(29(33)35-18-20-9-5-3-6-10-20)28(30(34)36-19-21-11-7-4-8-12-21)27(25)23-14-13-22(32)17-26(23)37-31/h3-14,16-17,24,27-28,32H,15,18-19H2,1-2H3. The molecule has 1 aliphatic heterocycles. The Balaban J connectivity index is 1.49. The first kappa shape index (κ1) is 24.6. The van der Waals surface area contributed by atoms with E-state index >= 15 is 0 Å². The molecule has 3 aromatic rings. The van der Waals surface area contributed by atoms with Gasteiger partial charge in [-0.2, -0.15) is 0 Å². The number of rotatable bonds is 6. The second-order valence-electron chi connectivity index (χ2n) is 10.0. The summed E-state index contributed by atoms with van der Waals surface area (Å²) in [5, 5.41) is 10.1. The summed E-state index contributed by atoms with van der Waals surface area (Å²) >= 11 is 0. The highest BCUT2D eigenvalue weighted by Gasteiger charge is 2.52. The molecular weight excluding hydrogens is 468 g/mol. The molecule has 6 heteroatoms. The van der Waals surface area contributed by atoms with Crippen LogP contribution in [0, 0.1) is 11.8 Å². The molecule has 0 fully saturated rings. The molecule has 5 rings (SSSR count). The van der Waals surface area contributed by atoms with Gasteiger partial charge >= 0.3 is 11.9 Å². The Bertz CT molecular complexity index is 1310. The largest absolute Gasteiger partial charge is 0.508 e. The first-order chi connectivity index (χ1) is 17.8. The van der Waals surface area contributed by atoms with Gasteiger partial charge in [-0.1, -0.05) is 72.8 Å². The molecule has 1 aliphatic carbocycles. The number of carbonyl (C=O) groups excluding carboxylic acids is 2. The summed E-state index contributed by atoms with van der Waals surface area (Å²) in [6.45, 7) is 4.09. The molecule has 0 radical (unpaired) electrons. The Morgan fingerprint density at radius 3 is 2.11 bits per heavy atom. The number of hydrogen-bond donors (Lipinski definition) is 1. The minimum absolute atomic E-state index is 0.0693. The van der Waals surface area contributed by atoms with Crippen LogP contribution in [0.3, 0.4) is 0 Å². The van der Waals surface area contributed by atoms with Crippen LogP contribution >= 0.6 is 0 Å². The number of ether oxygens (including phenoxy) is 3. The van der Waals surface area contributed by atoms with E-state index in [1.54, 1.807) is 18.2 Å². The fourth-order valence-electron chi connectivity index (χ4n) is 5.34. The van der Waals surface area contributed by atoms with Crippen LogP contribution in [-0.2, 0) is 32.3 Å². The van der Waals surface area contributed by atoms with Crippen LogP contribution < -0.4 is 4.74 Å². The molecule has 6 nitrogen and oxygen atoms in total. The van der Waals surface area contributed by atoms with Gasteiger partial charge in [0.25, 0.3) is 0 Å². The summed E-state index contributed by atoms with van der Waals surface area (Å²) in [7, 11) is 0. The van der Waals surface area contributed by atoms with Gasteiger partial charge in [0.1, 0.15) is 30.3 Å². The van der Waals surface area contributed by atoms with E-state index in [0.717, 1.165) is 22.3 Å². The van der Waals surface area contributed by atoms with Crippen LogP contribution in [0.5, 0.6) is 11.5 Å². The Labute approximate surface area is 216 Å². The topological polar surface area (TPSA) is 82.1 Å². The Kier molecular flexibility index (Phi) is 6.74. The van der Waals surface area contributed by atoms with Gasteiger partial charge in [0.15, 0.2) is 0 Å². The maximum Gasteiger partial charge on any atom is 0.311 e. The molecular formula is C31H30O6. The van der Waals surface area contributed by atoms with Crippen LogP contribution in [0.1, 0.15) is 42.9 Å². The summed E-state index contributed by atoms with van der Waals surface area (Å²) in [5.74, 6) is -2.32. The first-order valence-electron chi connectivity index (χ1n) is 12.5. The molecule has 0 amide bonds. The second kappa shape index (κ2) is 10.1. The smallest absolute Gasteiger partial charge is 0.311 e. The number of benzene rings is 3. The van der Waals surface area contributed by atoms with E-state index in [1.165, 1.54) is 0 Å². The lowest BCUT2D eigenvalue weighted by atomic mass is 9.64. The Hall–Kier alpha value is -4.06. The fourth-order valence-corrected chi connectivity index (χ4v) is 5.34. The van der Waals surface area contributed by atoms with Gasteiger partial charge in [0, 0.05) is 17.5 Å². The summed E-state index contributed by atoms with van der Waals surface area (Å²) in [5.41, 5.74) is 2.66. The lowest BCUT2D eigenvalue weighted by Gasteiger charge is -2.46. The predicted octanol–water partition coefficient (Wildman–Crippen LogP) is 5.70. The molecule has 190 valence electrons. The van der Waals surface area contributed by atoms with E-state index in [0.29, 0.717) is 12.2 Å². The molecule has 3 aromatic carbocycles. The molecule has 37 heavy (non-hydrogen) atoms. The van der Waals surface area contributed by atoms with Gasteiger partial charge in [0.2, 0.25) is 0 Å². The zero-order valence-electron chi connectivity index (χ0n) is 20.9. The number of esters is 2. The fraction of sp³-hybridized carbons (Fsp3) is 0.290. The molecule has 0 saturated heterocycles. The molecule has 3 atom stereocenters. The van der Waals surface area contributed by atoms with Gasteiger partial charge in [-0.15, -0.1) is 0 Å². The van der Waals surface area contributed by atoms with Crippen molar-refractivity contribution in [3.8, 4) is 11.5 Å². The molecule has 3 unspecified atom stereocenters. The van der Waals surface area contributed by atoms with Crippen molar-refractivity contribution in [1.29, 1.82) is 0 Å². The Morgan fingerprint density at radius 2 is 1.49 bits per heavy atom. The van der Waals surface area contributed by atoms with E-state index in [2.05, 4.69) is 0 Å². The lowest BCUT2D eigenvalue weighted by Crippen LogP contribution is -2.47. The minimum Gasteiger partial charge on any atom is -0.508 e. The lowest BCUT2D eigenvalue weighted by molar-refractivity contribution is -0.164. The number of hydrogen-bond acceptors (Lipinski definition) is 6. The van der Waals surface area contributed by atoms with Crippen molar-refractivity contribution in [1.82, 2.24) is 0 Å². The van der Waals surface area contributed by atoms with Gasteiger partial charge in [-0.25, -0.2) is 0 Å². The van der Waals surface area contributed by atoms with E-state index in [1.807, 2.05) is 80.6 Å². The molecule has 0 spiro atoms. The van der Waals surface area contributed by atoms with E-state index < -0.39 is 35.3 Å². The van der Waals surface area contributed by atoms with Crippen molar-refractivity contribution < 1.29 is 28.9 Å². The zero-order valence-corrected chi connectivity index (χ0v) is 20.9. The third-order valence-corrected chi connectivity index (χ3v) is 7.13. The van der Waals surface area contributed by atoms with E-state index in [-0.39, 0.29) is 19.0 Å². The van der Waals surface area contributed by atoms with Crippen molar-refractivity contribution in [3.63, 3.8) is 0 Å². The maximum atomic E-state index is 13.8. The number of fused-ring (bicyclic) bond motifs is 3. The maximum absolute atomic E-state index is 13.8. The molecule has 2 aliphatic rings.